The number of carbonyl (C=O) groups excluding carboxylic acids is 1. The van der Waals surface area contributed by atoms with Crippen molar-refractivity contribution in [3.63, 3.8) is 0 Å². The van der Waals surface area contributed by atoms with Gasteiger partial charge in [-0.05, 0) is 75.1 Å². The molecule has 1 aromatic carbocycles. The Balaban J connectivity index is 1.77. The van der Waals surface area contributed by atoms with Crippen LogP contribution in [0.5, 0.6) is 0 Å². The number of carbonyl (C=O) groups is 1. The van der Waals surface area contributed by atoms with Gasteiger partial charge >= 0.3 is 0 Å². The lowest BCUT2D eigenvalue weighted by Crippen LogP contribution is -2.21. The number of primary amides is 1. The van der Waals surface area contributed by atoms with Gasteiger partial charge in [-0.25, -0.2) is 0 Å². The number of nitrogens with zero attached hydrogens (tertiary/aromatic N) is 2. The molecule has 4 nitrogen and oxygen atoms in total. The van der Waals surface area contributed by atoms with Gasteiger partial charge in [-0.2, -0.15) is 0 Å². The maximum Gasteiger partial charge on any atom is 0.248 e. The average molecular weight is 287 g/mol. The first-order chi connectivity index (χ1) is 10.2. The van der Waals surface area contributed by atoms with E-state index in [2.05, 4.69) is 15.9 Å². The van der Waals surface area contributed by atoms with Crippen molar-refractivity contribution in [2.75, 3.05) is 26.2 Å². The zero-order chi connectivity index (χ0) is 14.7. The summed E-state index contributed by atoms with van der Waals surface area (Å²) in [4.78, 5) is 16.5. The molecule has 2 fully saturated rings. The zero-order valence-corrected chi connectivity index (χ0v) is 12.7. The number of hydrogen-bond acceptors (Lipinski definition) is 3. The number of hydrogen-bond donors (Lipinski definition) is 1. The lowest BCUT2D eigenvalue weighted by atomic mass is 10.0. The first-order valence-corrected chi connectivity index (χ1v) is 8.08. The molecule has 2 heterocycles. The van der Waals surface area contributed by atoms with Crippen LogP contribution in [0.1, 0.15) is 47.2 Å². The molecule has 4 heteroatoms. The quantitative estimate of drug-likeness (QED) is 0.901. The standard InChI is InChI=1S/C17H25N3O/c18-17(21)16-10-14(12-19-5-1-2-6-19)9-15(11-16)13-20-7-3-4-8-20/h9-11H,1-8,12-13H2,(H2,18,21). The molecule has 114 valence electrons. The van der Waals surface area contributed by atoms with E-state index in [0.29, 0.717) is 5.56 Å². The van der Waals surface area contributed by atoms with Crippen molar-refractivity contribution in [1.82, 2.24) is 9.80 Å². The highest BCUT2D eigenvalue weighted by Crippen LogP contribution is 2.19. The normalized spacial score (nSPS) is 20.2. The first kappa shape index (κ1) is 14.5. The van der Waals surface area contributed by atoms with Crippen molar-refractivity contribution in [2.45, 2.75) is 38.8 Å². The molecule has 0 atom stereocenters. The van der Waals surface area contributed by atoms with Crippen molar-refractivity contribution in [3.8, 4) is 0 Å². The summed E-state index contributed by atoms with van der Waals surface area (Å²) < 4.78 is 0. The lowest BCUT2D eigenvalue weighted by Gasteiger charge is -2.18. The predicted octanol–water partition coefficient (Wildman–Crippen LogP) is 1.98. The Morgan fingerprint density at radius 3 is 1.67 bits per heavy atom. The SMILES string of the molecule is NC(=O)c1cc(CN2CCCC2)cc(CN2CCCC2)c1. The molecule has 0 unspecified atom stereocenters. The number of benzene rings is 1. The number of nitrogens with two attached hydrogens (primary N) is 1. The highest BCUT2D eigenvalue weighted by molar-refractivity contribution is 5.93. The number of likely N-dealkylation sites (tertiary alicyclic amines) is 2. The van der Waals surface area contributed by atoms with Gasteiger partial charge in [0.2, 0.25) is 5.91 Å². The summed E-state index contributed by atoms with van der Waals surface area (Å²) in [5.41, 5.74) is 8.60. The van der Waals surface area contributed by atoms with Gasteiger partial charge < -0.3 is 5.73 Å². The van der Waals surface area contributed by atoms with Crippen molar-refractivity contribution in [3.05, 3.63) is 34.9 Å². The monoisotopic (exact) mass is 287 g/mol. The molecular weight excluding hydrogens is 262 g/mol. The second-order valence-electron chi connectivity index (χ2n) is 6.37. The molecule has 0 bridgehead atoms. The molecule has 2 aliphatic heterocycles. The van der Waals surface area contributed by atoms with Gasteiger partial charge in [0.05, 0.1) is 0 Å². The van der Waals surface area contributed by atoms with Crippen LogP contribution in [0, 0.1) is 0 Å². The summed E-state index contributed by atoms with van der Waals surface area (Å²) in [6.07, 6.45) is 5.15. The van der Waals surface area contributed by atoms with Crippen molar-refractivity contribution in [1.29, 1.82) is 0 Å². The summed E-state index contributed by atoms with van der Waals surface area (Å²) in [7, 11) is 0. The van der Waals surface area contributed by atoms with Crippen LogP contribution < -0.4 is 5.73 Å². The van der Waals surface area contributed by atoms with Gasteiger partial charge in [0.15, 0.2) is 0 Å². The second kappa shape index (κ2) is 6.58. The molecule has 2 saturated heterocycles. The van der Waals surface area contributed by atoms with E-state index in [9.17, 15) is 4.79 Å². The fourth-order valence-corrected chi connectivity index (χ4v) is 3.49. The van der Waals surface area contributed by atoms with E-state index in [0.717, 1.165) is 13.1 Å². The molecule has 3 rings (SSSR count). The fourth-order valence-electron chi connectivity index (χ4n) is 3.49. The minimum atomic E-state index is -0.319. The molecule has 0 aromatic heterocycles. The Hall–Kier alpha value is -1.39. The summed E-state index contributed by atoms with van der Waals surface area (Å²) >= 11 is 0. The fraction of sp³-hybridized carbons (Fsp3) is 0.588. The molecule has 0 saturated carbocycles. The van der Waals surface area contributed by atoms with Gasteiger partial charge in [0.1, 0.15) is 0 Å². The summed E-state index contributed by atoms with van der Waals surface area (Å²) in [6, 6.07) is 6.19. The van der Waals surface area contributed by atoms with Gasteiger partial charge in [-0.3, -0.25) is 14.6 Å². The molecular formula is C17H25N3O. The first-order valence-electron chi connectivity index (χ1n) is 8.08. The van der Waals surface area contributed by atoms with E-state index in [4.69, 9.17) is 5.73 Å². The van der Waals surface area contributed by atoms with E-state index in [1.165, 1.54) is 63.0 Å². The lowest BCUT2D eigenvalue weighted by molar-refractivity contribution is 0.1000. The zero-order valence-electron chi connectivity index (χ0n) is 12.7. The number of rotatable bonds is 5. The largest absolute Gasteiger partial charge is 0.366 e. The van der Waals surface area contributed by atoms with Crippen LogP contribution >= 0.6 is 0 Å². The number of amides is 1. The van der Waals surface area contributed by atoms with E-state index >= 15 is 0 Å². The molecule has 0 aliphatic carbocycles. The van der Waals surface area contributed by atoms with Crippen molar-refractivity contribution >= 4 is 5.91 Å². The summed E-state index contributed by atoms with van der Waals surface area (Å²) in [5.74, 6) is -0.319. The highest BCUT2D eigenvalue weighted by atomic mass is 16.1. The Morgan fingerprint density at radius 2 is 1.29 bits per heavy atom. The van der Waals surface area contributed by atoms with Crippen LogP contribution in [0.2, 0.25) is 0 Å². The van der Waals surface area contributed by atoms with Crippen molar-refractivity contribution in [2.24, 2.45) is 5.73 Å². The molecule has 1 aromatic rings. The van der Waals surface area contributed by atoms with Gasteiger partial charge in [0.25, 0.3) is 0 Å². The van der Waals surface area contributed by atoms with Gasteiger partial charge in [0, 0.05) is 18.7 Å². The minimum absolute atomic E-state index is 0.319. The topological polar surface area (TPSA) is 49.6 Å². The van der Waals surface area contributed by atoms with Crippen LogP contribution in [-0.2, 0) is 13.1 Å². The third kappa shape index (κ3) is 3.83. The Bertz CT molecular complexity index is 467. The molecule has 1 amide bonds. The van der Waals surface area contributed by atoms with E-state index in [-0.39, 0.29) is 5.91 Å². The highest BCUT2D eigenvalue weighted by Gasteiger charge is 2.16. The predicted molar refractivity (Wildman–Crippen MR) is 84.0 cm³/mol. The third-order valence-electron chi connectivity index (χ3n) is 4.55. The van der Waals surface area contributed by atoms with E-state index in [1.54, 1.807) is 0 Å². The second-order valence-corrected chi connectivity index (χ2v) is 6.37. The van der Waals surface area contributed by atoms with E-state index < -0.39 is 0 Å². The average Bonchev–Trinajstić information content (AvgIpc) is 3.12. The maximum atomic E-state index is 11.6. The van der Waals surface area contributed by atoms with Crippen molar-refractivity contribution < 1.29 is 4.79 Å². The van der Waals surface area contributed by atoms with Crippen LogP contribution in [0.4, 0.5) is 0 Å². The summed E-state index contributed by atoms with van der Waals surface area (Å²) in [6.45, 7) is 6.55. The smallest absolute Gasteiger partial charge is 0.248 e. The van der Waals surface area contributed by atoms with Crippen LogP contribution in [-0.4, -0.2) is 41.9 Å². The minimum Gasteiger partial charge on any atom is -0.366 e. The molecule has 2 aliphatic rings. The molecule has 0 spiro atoms. The molecule has 0 radical (unpaired) electrons. The molecule has 21 heavy (non-hydrogen) atoms. The maximum absolute atomic E-state index is 11.6. The van der Waals surface area contributed by atoms with Gasteiger partial charge in [-0.1, -0.05) is 6.07 Å². The van der Waals surface area contributed by atoms with Crippen LogP contribution in [0.15, 0.2) is 18.2 Å². The van der Waals surface area contributed by atoms with E-state index in [1.807, 2.05) is 12.1 Å². The third-order valence-corrected chi connectivity index (χ3v) is 4.55. The van der Waals surface area contributed by atoms with Gasteiger partial charge in [-0.15, -0.1) is 0 Å². The Kier molecular flexibility index (Phi) is 4.56. The summed E-state index contributed by atoms with van der Waals surface area (Å²) in [5, 5.41) is 0. The van der Waals surface area contributed by atoms with Crippen LogP contribution in [0.25, 0.3) is 0 Å². The molecule has 2 N–H and O–H groups in total. The Labute approximate surface area is 126 Å². The Morgan fingerprint density at radius 1 is 0.857 bits per heavy atom. The van der Waals surface area contributed by atoms with Crippen LogP contribution in [0.3, 0.4) is 0 Å².